The van der Waals surface area contributed by atoms with Gasteiger partial charge < -0.3 is 15.4 Å². The van der Waals surface area contributed by atoms with Gasteiger partial charge in [0.15, 0.2) is 5.13 Å². The minimum absolute atomic E-state index is 0.0855. The van der Waals surface area contributed by atoms with Gasteiger partial charge in [-0.25, -0.2) is 4.98 Å². The number of primary amides is 1. The molecule has 1 amide bonds. The van der Waals surface area contributed by atoms with Crippen molar-refractivity contribution < 1.29 is 9.53 Å². The van der Waals surface area contributed by atoms with Crippen LogP contribution >= 0.6 is 22.9 Å². The maximum absolute atomic E-state index is 11.3. The zero-order chi connectivity index (χ0) is 19.5. The number of aromatic nitrogens is 2. The first-order valence-corrected chi connectivity index (χ1v) is 10.2. The minimum atomic E-state index is -0.557. The Morgan fingerprint density at radius 2 is 2.04 bits per heavy atom. The van der Waals surface area contributed by atoms with Crippen LogP contribution in [0.4, 0.5) is 5.13 Å². The number of nitrogens with two attached hydrogens (primary N) is 1. The second kappa shape index (κ2) is 8.16. The highest BCUT2D eigenvalue weighted by Gasteiger charge is 2.23. The molecule has 28 heavy (non-hydrogen) atoms. The smallest absolute Gasteiger partial charge is 0.267 e. The number of rotatable bonds is 5. The summed E-state index contributed by atoms with van der Waals surface area (Å²) in [5, 5.41) is 3.74. The molecule has 1 saturated heterocycles. The van der Waals surface area contributed by atoms with Gasteiger partial charge >= 0.3 is 0 Å². The van der Waals surface area contributed by atoms with Gasteiger partial charge in [0.25, 0.3) is 5.91 Å². The normalized spacial score (nSPS) is 14.8. The van der Waals surface area contributed by atoms with Gasteiger partial charge in [-0.3, -0.25) is 9.78 Å². The molecular formula is C20H19ClN4O2S. The summed E-state index contributed by atoms with van der Waals surface area (Å²) in [5.74, 6) is 0.0656. The zero-order valence-electron chi connectivity index (χ0n) is 15.0. The predicted molar refractivity (Wildman–Crippen MR) is 111 cm³/mol. The molecular weight excluding hydrogens is 396 g/mol. The fourth-order valence-electron chi connectivity index (χ4n) is 3.18. The van der Waals surface area contributed by atoms with Crippen LogP contribution in [0.15, 0.2) is 48.0 Å². The van der Waals surface area contributed by atoms with Gasteiger partial charge in [-0.1, -0.05) is 29.8 Å². The van der Waals surface area contributed by atoms with Gasteiger partial charge in [-0.2, -0.15) is 0 Å². The van der Waals surface area contributed by atoms with Crippen molar-refractivity contribution in [1.82, 2.24) is 9.97 Å². The van der Waals surface area contributed by atoms with E-state index >= 15 is 0 Å². The van der Waals surface area contributed by atoms with Crippen molar-refractivity contribution in [2.75, 3.05) is 18.0 Å². The zero-order valence-corrected chi connectivity index (χ0v) is 16.6. The Morgan fingerprint density at radius 3 is 2.79 bits per heavy atom. The van der Waals surface area contributed by atoms with Crippen LogP contribution in [-0.2, 0) is 0 Å². The fraction of sp³-hybridized carbons (Fsp3) is 0.250. The third-order valence-electron chi connectivity index (χ3n) is 4.64. The van der Waals surface area contributed by atoms with Crippen LogP contribution in [0.2, 0.25) is 5.02 Å². The molecule has 1 aliphatic rings. The number of amides is 1. The number of anilines is 1. The Morgan fingerprint density at radius 1 is 1.25 bits per heavy atom. The molecule has 8 heteroatoms. The van der Waals surface area contributed by atoms with Crippen LogP contribution in [0, 0.1) is 0 Å². The molecule has 0 aliphatic carbocycles. The molecule has 144 valence electrons. The van der Waals surface area contributed by atoms with Crippen LogP contribution in [0.3, 0.4) is 0 Å². The van der Waals surface area contributed by atoms with Crippen molar-refractivity contribution in [3.8, 4) is 17.0 Å². The highest BCUT2D eigenvalue weighted by atomic mass is 35.5. The molecule has 2 N–H and O–H groups in total. The average molecular weight is 415 g/mol. The molecule has 3 aromatic rings. The molecule has 1 aliphatic heterocycles. The van der Waals surface area contributed by atoms with Crippen LogP contribution in [0.25, 0.3) is 11.3 Å². The SMILES string of the molecule is NC(=O)c1cc(OC2CCN(c3nc(-c4ccccc4Cl)cs3)CC2)ccn1. The number of hydrogen-bond acceptors (Lipinski definition) is 6. The third-order valence-corrected chi connectivity index (χ3v) is 5.87. The number of carbonyl (C=O) groups excluding carboxylic acids is 1. The Kier molecular flexibility index (Phi) is 5.45. The lowest BCUT2D eigenvalue weighted by Crippen LogP contribution is -2.38. The number of carbonyl (C=O) groups is 1. The number of ether oxygens (including phenoxy) is 1. The van der Waals surface area contributed by atoms with Crippen LogP contribution < -0.4 is 15.4 Å². The van der Waals surface area contributed by atoms with Crippen LogP contribution in [0.5, 0.6) is 5.75 Å². The van der Waals surface area contributed by atoms with E-state index < -0.39 is 5.91 Å². The number of piperidine rings is 1. The molecule has 0 spiro atoms. The summed E-state index contributed by atoms with van der Waals surface area (Å²) in [6.45, 7) is 1.71. The highest BCUT2D eigenvalue weighted by molar-refractivity contribution is 7.14. The van der Waals surface area contributed by atoms with Crippen LogP contribution in [-0.4, -0.2) is 35.1 Å². The molecule has 4 rings (SSSR count). The van der Waals surface area contributed by atoms with Gasteiger partial charge in [0, 0.05) is 54.2 Å². The molecule has 0 unspecified atom stereocenters. The highest BCUT2D eigenvalue weighted by Crippen LogP contribution is 2.33. The summed E-state index contributed by atoms with van der Waals surface area (Å²) in [5.41, 5.74) is 7.34. The van der Waals surface area contributed by atoms with Crippen molar-refractivity contribution in [1.29, 1.82) is 0 Å². The van der Waals surface area contributed by atoms with E-state index in [1.807, 2.05) is 29.6 Å². The number of nitrogens with zero attached hydrogens (tertiary/aromatic N) is 3. The monoisotopic (exact) mass is 414 g/mol. The summed E-state index contributed by atoms with van der Waals surface area (Å²) < 4.78 is 6.01. The maximum Gasteiger partial charge on any atom is 0.267 e. The van der Waals surface area contributed by atoms with E-state index in [1.165, 1.54) is 6.20 Å². The van der Waals surface area contributed by atoms with E-state index in [-0.39, 0.29) is 11.8 Å². The molecule has 0 saturated carbocycles. The van der Waals surface area contributed by atoms with Gasteiger partial charge in [0.1, 0.15) is 17.5 Å². The first kappa shape index (κ1) is 18.7. The van der Waals surface area contributed by atoms with Crippen molar-refractivity contribution in [2.45, 2.75) is 18.9 Å². The lowest BCUT2D eigenvalue weighted by Gasteiger charge is -2.32. The summed E-state index contributed by atoms with van der Waals surface area (Å²) in [6, 6.07) is 11.1. The van der Waals surface area contributed by atoms with Gasteiger partial charge in [0.05, 0.1) is 5.69 Å². The van der Waals surface area contributed by atoms with E-state index in [4.69, 9.17) is 27.1 Å². The molecule has 1 aromatic carbocycles. The summed E-state index contributed by atoms with van der Waals surface area (Å²) in [7, 11) is 0. The first-order valence-electron chi connectivity index (χ1n) is 8.98. The number of hydrogen-bond donors (Lipinski definition) is 1. The number of halogens is 1. The van der Waals surface area contributed by atoms with E-state index in [0.717, 1.165) is 42.3 Å². The fourth-order valence-corrected chi connectivity index (χ4v) is 4.29. The molecule has 2 aromatic heterocycles. The molecule has 3 heterocycles. The number of benzene rings is 1. The van der Waals surface area contributed by atoms with Gasteiger partial charge in [-0.05, 0) is 12.1 Å². The number of thiazole rings is 1. The van der Waals surface area contributed by atoms with Gasteiger partial charge in [0.2, 0.25) is 0 Å². The number of pyridine rings is 1. The van der Waals surface area contributed by atoms with E-state index in [2.05, 4.69) is 9.88 Å². The lowest BCUT2D eigenvalue weighted by atomic mass is 10.1. The van der Waals surface area contributed by atoms with Gasteiger partial charge in [-0.15, -0.1) is 11.3 Å². The lowest BCUT2D eigenvalue weighted by molar-refractivity contribution is 0.0994. The van der Waals surface area contributed by atoms with Crippen molar-refractivity contribution in [3.05, 3.63) is 58.7 Å². The quantitative estimate of drug-likeness (QED) is 0.682. The molecule has 0 atom stereocenters. The largest absolute Gasteiger partial charge is 0.490 e. The Balaban J connectivity index is 1.38. The maximum atomic E-state index is 11.3. The second-order valence-corrected chi connectivity index (χ2v) is 7.78. The topological polar surface area (TPSA) is 81.3 Å². The van der Waals surface area contributed by atoms with Crippen LogP contribution in [0.1, 0.15) is 23.3 Å². The summed E-state index contributed by atoms with van der Waals surface area (Å²) in [4.78, 5) is 22.2. The minimum Gasteiger partial charge on any atom is -0.490 e. The Labute approximate surface area is 171 Å². The van der Waals surface area contributed by atoms with Crippen molar-refractivity contribution in [3.63, 3.8) is 0 Å². The molecule has 6 nitrogen and oxygen atoms in total. The van der Waals surface area contributed by atoms with Crippen molar-refractivity contribution in [2.24, 2.45) is 5.73 Å². The van der Waals surface area contributed by atoms with E-state index in [0.29, 0.717) is 10.8 Å². The Hall–Kier alpha value is -2.64. The Bertz CT molecular complexity index is 986. The first-order chi connectivity index (χ1) is 13.6. The summed E-state index contributed by atoms with van der Waals surface area (Å²) in [6.07, 6.45) is 3.36. The standard InChI is InChI=1S/C20H19ClN4O2S/c21-16-4-2-1-3-15(16)18-12-28-20(24-18)25-9-6-13(7-10-25)27-14-5-8-23-17(11-14)19(22)26/h1-5,8,11-13H,6-7,9-10H2,(H2,22,26). The average Bonchev–Trinajstić information content (AvgIpc) is 3.19. The second-order valence-electron chi connectivity index (χ2n) is 6.54. The summed E-state index contributed by atoms with van der Waals surface area (Å²) >= 11 is 7.91. The van der Waals surface area contributed by atoms with Crippen molar-refractivity contribution >= 4 is 34.0 Å². The predicted octanol–water partition coefficient (Wildman–Crippen LogP) is 4.01. The van der Waals surface area contributed by atoms with E-state index in [9.17, 15) is 4.79 Å². The van der Waals surface area contributed by atoms with E-state index in [1.54, 1.807) is 23.5 Å². The molecule has 1 fully saturated rings. The molecule has 0 bridgehead atoms. The third kappa shape index (κ3) is 4.10. The molecule has 0 radical (unpaired) electrons.